The van der Waals surface area contributed by atoms with Crippen LogP contribution in [0.15, 0.2) is 17.7 Å². The van der Waals surface area contributed by atoms with Crippen LogP contribution in [0.2, 0.25) is 0 Å². The third-order valence-electron chi connectivity index (χ3n) is 2.72. The molecular formula is C15H22OS. The summed E-state index contributed by atoms with van der Waals surface area (Å²) in [6.07, 6.45) is 5.36. The third kappa shape index (κ3) is 3.81. The lowest BCUT2D eigenvalue weighted by Gasteiger charge is -2.13. The highest BCUT2D eigenvalue weighted by Gasteiger charge is 2.09. The Hall–Kier alpha value is -0.890. The number of benzene rings is 1. The van der Waals surface area contributed by atoms with Crippen molar-refractivity contribution in [3.8, 4) is 5.75 Å². The molecule has 0 atom stereocenters. The molecule has 0 saturated carbocycles. The Bertz CT molecular complexity index is 404. The summed E-state index contributed by atoms with van der Waals surface area (Å²) in [5.41, 5.74) is 5.03. The van der Waals surface area contributed by atoms with Crippen molar-refractivity contribution < 1.29 is 4.18 Å². The van der Waals surface area contributed by atoms with E-state index in [1.165, 1.54) is 16.7 Å². The van der Waals surface area contributed by atoms with Crippen LogP contribution in [0.3, 0.4) is 0 Å². The second kappa shape index (κ2) is 6.75. The Labute approximate surface area is 111 Å². The minimum Gasteiger partial charge on any atom is -0.428 e. The third-order valence-corrected chi connectivity index (χ3v) is 2.90. The van der Waals surface area contributed by atoms with Crippen molar-refractivity contribution in [2.24, 2.45) is 0 Å². The fraction of sp³-hybridized carbons (Fsp3) is 0.467. The molecule has 0 saturated heterocycles. The Morgan fingerprint density at radius 2 is 2.00 bits per heavy atom. The summed E-state index contributed by atoms with van der Waals surface area (Å²) in [7, 11) is 0. The standard InChI is InChI=1S/C15H22OS/c1-5-7-13-9-12(6-2)10-14(8-11(3)4)15(13)16-17/h8-10,17H,5-7H2,1-4H3. The van der Waals surface area contributed by atoms with Gasteiger partial charge in [-0.05, 0) is 43.9 Å². The molecule has 0 spiro atoms. The summed E-state index contributed by atoms with van der Waals surface area (Å²) in [5.74, 6) is 0.911. The number of allylic oxidation sites excluding steroid dienone is 1. The molecular weight excluding hydrogens is 228 g/mol. The molecule has 0 aliphatic rings. The van der Waals surface area contributed by atoms with Crippen molar-refractivity contribution in [2.75, 3.05) is 0 Å². The molecule has 0 fully saturated rings. The predicted molar refractivity (Wildman–Crippen MR) is 78.8 cm³/mol. The summed E-state index contributed by atoms with van der Waals surface area (Å²) >= 11 is 4.00. The van der Waals surface area contributed by atoms with Gasteiger partial charge >= 0.3 is 0 Å². The average molecular weight is 250 g/mol. The van der Waals surface area contributed by atoms with Gasteiger partial charge in [0.2, 0.25) is 0 Å². The molecule has 0 aliphatic heterocycles. The molecule has 1 aromatic rings. The van der Waals surface area contributed by atoms with Crippen LogP contribution in [0.1, 0.15) is 50.8 Å². The first-order valence-corrected chi connectivity index (χ1v) is 6.61. The lowest BCUT2D eigenvalue weighted by molar-refractivity contribution is 0.640. The average Bonchev–Trinajstić information content (AvgIpc) is 2.28. The molecule has 1 aromatic carbocycles. The van der Waals surface area contributed by atoms with Gasteiger partial charge in [-0.2, -0.15) is 0 Å². The number of aryl methyl sites for hydroxylation is 2. The molecule has 94 valence electrons. The normalized spacial score (nSPS) is 10.2. The summed E-state index contributed by atoms with van der Waals surface area (Å²) < 4.78 is 5.28. The number of rotatable bonds is 5. The molecule has 0 N–H and O–H groups in total. The van der Waals surface area contributed by atoms with Crippen LogP contribution >= 0.6 is 12.9 Å². The topological polar surface area (TPSA) is 9.23 Å². The van der Waals surface area contributed by atoms with E-state index in [9.17, 15) is 0 Å². The SMILES string of the molecule is CCCc1cc(CC)cc(C=C(C)C)c1OS. The van der Waals surface area contributed by atoms with Crippen LogP contribution < -0.4 is 4.18 Å². The lowest BCUT2D eigenvalue weighted by Crippen LogP contribution is -1.95. The summed E-state index contributed by atoms with van der Waals surface area (Å²) in [6.45, 7) is 8.56. The van der Waals surface area contributed by atoms with Gasteiger partial charge in [-0.25, -0.2) is 0 Å². The van der Waals surface area contributed by atoms with E-state index in [1.54, 1.807) is 0 Å². The van der Waals surface area contributed by atoms with E-state index in [4.69, 9.17) is 4.18 Å². The van der Waals surface area contributed by atoms with Crippen molar-refractivity contribution in [1.29, 1.82) is 0 Å². The van der Waals surface area contributed by atoms with Gasteiger partial charge in [-0.15, -0.1) is 0 Å². The molecule has 2 heteroatoms. The van der Waals surface area contributed by atoms with Gasteiger partial charge in [0.25, 0.3) is 0 Å². The summed E-state index contributed by atoms with van der Waals surface area (Å²) in [4.78, 5) is 0. The molecule has 0 heterocycles. The van der Waals surface area contributed by atoms with Crippen molar-refractivity contribution in [2.45, 2.75) is 47.0 Å². The van der Waals surface area contributed by atoms with Crippen LogP contribution in [0, 0.1) is 0 Å². The maximum Gasteiger partial charge on any atom is 0.147 e. The molecule has 0 amide bonds. The monoisotopic (exact) mass is 250 g/mol. The molecule has 0 aromatic heterocycles. The van der Waals surface area contributed by atoms with Crippen LogP contribution in [0.5, 0.6) is 5.75 Å². The fourth-order valence-electron chi connectivity index (χ4n) is 1.97. The van der Waals surface area contributed by atoms with E-state index >= 15 is 0 Å². The largest absolute Gasteiger partial charge is 0.428 e. The number of thiol groups is 1. The van der Waals surface area contributed by atoms with Crippen LogP contribution in [-0.4, -0.2) is 0 Å². The lowest BCUT2D eigenvalue weighted by atomic mass is 9.98. The zero-order chi connectivity index (χ0) is 12.8. The number of hydrogen-bond donors (Lipinski definition) is 1. The van der Waals surface area contributed by atoms with E-state index in [-0.39, 0.29) is 0 Å². The maximum atomic E-state index is 5.28. The van der Waals surface area contributed by atoms with Crippen LogP contribution in [-0.2, 0) is 12.8 Å². The minimum atomic E-state index is 0.911. The number of hydrogen-bond acceptors (Lipinski definition) is 2. The van der Waals surface area contributed by atoms with Gasteiger partial charge in [-0.1, -0.05) is 38.0 Å². The first-order chi connectivity index (χ1) is 8.12. The molecule has 1 nitrogen and oxygen atoms in total. The van der Waals surface area contributed by atoms with Crippen LogP contribution in [0.25, 0.3) is 6.08 Å². The highest BCUT2D eigenvalue weighted by Crippen LogP contribution is 2.30. The van der Waals surface area contributed by atoms with E-state index in [2.05, 4.69) is 58.8 Å². The van der Waals surface area contributed by atoms with E-state index in [1.807, 2.05) is 0 Å². The Morgan fingerprint density at radius 1 is 1.29 bits per heavy atom. The minimum absolute atomic E-state index is 0.911. The quantitative estimate of drug-likeness (QED) is 0.580. The zero-order valence-corrected chi connectivity index (χ0v) is 12.1. The first-order valence-electron chi connectivity index (χ1n) is 6.24. The molecule has 0 aliphatic carbocycles. The summed E-state index contributed by atoms with van der Waals surface area (Å²) in [6, 6.07) is 4.43. The van der Waals surface area contributed by atoms with Gasteiger partial charge < -0.3 is 4.18 Å². The van der Waals surface area contributed by atoms with Crippen LogP contribution in [0.4, 0.5) is 0 Å². The Kier molecular flexibility index (Phi) is 5.63. The first kappa shape index (κ1) is 14.2. The molecule has 1 rings (SSSR count). The fourth-order valence-corrected chi connectivity index (χ4v) is 2.19. The molecule has 17 heavy (non-hydrogen) atoms. The second-order valence-corrected chi connectivity index (χ2v) is 4.77. The molecule has 0 bridgehead atoms. The maximum absolute atomic E-state index is 5.28. The summed E-state index contributed by atoms with van der Waals surface area (Å²) in [5, 5.41) is 0. The van der Waals surface area contributed by atoms with Crippen molar-refractivity contribution in [1.82, 2.24) is 0 Å². The van der Waals surface area contributed by atoms with E-state index in [0.717, 1.165) is 30.6 Å². The van der Waals surface area contributed by atoms with Gasteiger partial charge in [0.1, 0.15) is 5.75 Å². The van der Waals surface area contributed by atoms with E-state index < -0.39 is 0 Å². The molecule has 0 radical (unpaired) electrons. The van der Waals surface area contributed by atoms with Gasteiger partial charge in [0, 0.05) is 18.5 Å². The smallest absolute Gasteiger partial charge is 0.147 e. The highest BCUT2D eigenvalue weighted by molar-refractivity contribution is 7.75. The predicted octanol–water partition coefficient (Wildman–Crippen LogP) is 4.85. The Balaban J connectivity index is 3.33. The van der Waals surface area contributed by atoms with Crippen molar-refractivity contribution in [3.63, 3.8) is 0 Å². The Morgan fingerprint density at radius 3 is 2.47 bits per heavy atom. The van der Waals surface area contributed by atoms with E-state index in [0.29, 0.717) is 0 Å². The zero-order valence-electron chi connectivity index (χ0n) is 11.2. The van der Waals surface area contributed by atoms with Crippen molar-refractivity contribution >= 4 is 19.0 Å². The molecule has 0 unspecified atom stereocenters. The van der Waals surface area contributed by atoms with Gasteiger partial charge in [-0.3, -0.25) is 0 Å². The highest BCUT2D eigenvalue weighted by atomic mass is 32.1. The van der Waals surface area contributed by atoms with Gasteiger partial charge in [0.15, 0.2) is 0 Å². The second-order valence-electron chi connectivity index (χ2n) is 4.59. The van der Waals surface area contributed by atoms with Crippen molar-refractivity contribution in [3.05, 3.63) is 34.4 Å². The van der Waals surface area contributed by atoms with Gasteiger partial charge in [0.05, 0.1) is 0 Å².